The number of benzene rings is 4. The number of halogens is 2. The zero-order chi connectivity index (χ0) is 30.7. The van der Waals surface area contributed by atoms with Gasteiger partial charge in [0.1, 0.15) is 36.1 Å². The zero-order valence-corrected chi connectivity index (χ0v) is 24.7. The number of morpholine rings is 2. The Morgan fingerprint density at radius 3 is 1.30 bits per heavy atom. The van der Waals surface area contributed by atoms with Crippen LogP contribution in [0.5, 0.6) is 0 Å². The second-order valence-corrected chi connectivity index (χ2v) is 11.3. The van der Waals surface area contributed by atoms with E-state index in [4.69, 9.17) is 9.47 Å². The molecule has 0 amide bonds. The van der Waals surface area contributed by atoms with Crippen LogP contribution in [0.3, 0.4) is 0 Å². The highest BCUT2D eigenvalue weighted by Gasteiger charge is 2.29. The summed E-state index contributed by atoms with van der Waals surface area (Å²) >= 11 is 0. The highest BCUT2D eigenvalue weighted by Crippen LogP contribution is 2.25. The van der Waals surface area contributed by atoms with Crippen LogP contribution in [0.1, 0.15) is 34.5 Å². The minimum absolute atomic E-state index is 0.289. The smallest absolute Gasteiger partial charge is 0.123 e. The first-order valence-corrected chi connectivity index (χ1v) is 15.1. The van der Waals surface area contributed by atoms with Gasteiger partial charge in [-0.05, 0) is 46.5 Å². The molecule has 2 heterocycles. The van der Waals surface area contributed by atoms with Crippen LogP contribution in [-0.2, 0) is 22.6 Å². The lowest BCUT2D eigenvalue weighted by molar-refractivity contribution is -0.0919. The van der Waals surface area contributed by atoms with Crippen LogP contribution in [0.25, 0.3) is 0 Å². The standard InChI is InChI=1S/2C18H20FNO2/c2*19-16-8-6-15(7-9-16)18(21)17-13-20(10-11-22-17)12-14-4-2-1-3-5-14/h2*1-9,17-18,21H,10-13H2/t2*17-,18-/m10/s1. The highest BCUT2D eigenvalue weighted by atomic mass is 19.1. The van der Waals surface area contributed by atoms with Gasteiger partial charge in [0.25, 0.3) is 0 Å². The van der Waals surface area contributed by atoms with E-state index in [1.54, 1.807) is 24.3 Å². The van der Waals surface area contributed by atoms with E-state index >= 15 is 0 Å². The molecule has 0 aliphatic carbocycles. The van der Waals surface area contributed by atoms with Crippen LogP contribution in [0.15, 0.2) is 109 Å². The van der Waals surface area contributed by atoms with Gasteiger partial charge in [0.05, 0.1) is 13.2 Å². The van der Waals surface area contributed by atoms with Crippen molar-refractivity contribution in [1.29, 1.82) is 0 Å². The molecule has 4 aromatic carbocycles. The summed E-state index contributed by atoms with van der Waals surface area (Å²) in [5, 5.41) is 20.9. The Labute approximate surface area is 258 Å². The van der Waals surface area contributed by atoms with Crippen molar-refractivity contribution in [1.82, 2.24) is 9.80 Å². The van der Waals surface area contributed by atoms with Crippen molar-refractivity contribution in [2.75, 3.05) is 39.4 Å². The van der Waals surface area contributed by atoms with Gasteiger partial charge in [-0.1, -0.05) is 84.9 Å². The van der Waals surface area contributed by atoms with Gasteiger partial charge in [0, 0.05) is 39.3 Å². The molecule has 0 aromatic heterocycles. The van der Waals surface area contributed by atoms with Gasteiger partial charge >= 0.3 is 0 Å². The van der Waals surface area contributed by atoms with Gasteiger partial charge in [-0.25, -0.2) is 8.78 Å². The van der Waals surface area contributed by atoms with Crippen molar-refractivity contribution in [3.63, 3.8) is 0 Å². The van der Waals surface area contributed by atoms with E-state index in [9.17, 15) is 19.0 Å². The first kappa shape index (κ1) is 31.9. The Kier molecular flexibility index (Phi) is 11.6. The summed E-state index contributed by atoms with van der Waals surface area (Å²) in [6.07, 6.45) is -2.05. The van der Waals surface area contributed by atoms with Crippen LogP contribution in [-0.4, -0.2) is 71.6 Å². The summed E-state index contributed by atoms with van der Waals surface area (Å²) < 4.78 is 37.4. The Balaban J connectivity index is 0.000000175. The molecule has 2 aliphatic rings. The van der Waals surface area contributed by atoms with Crippen LogP contribution in [0, 0.1) is 11.6 Å². The Morgan fingerprint density at radius 1 is 0.568 bits per heavy atom. The summed E-state index contributed by atoms with van der Waals surface area (Å²) in [5.41, 5.74) is 3.87. The van der Waals surface area contributed by atoms with Crippen molar-refractivity contribution >= 4 is 0 Å². The Morgan fingerprint density at radius 2 is 0.932 bits per heavy atom. The largest absolute Gasteiger partial charge is 0.386 e. The molecular formula is C36H40F2N2O4. The number of nitrogens with zero attached hydrogens (tertiary/aromatic N) is 2. The molecule has 2 fully saturated rings. The van der Waals surface area contributed by atoms with Gasteiger partial charge < -0.3 is 19.7 Å². The number of rotatable bonds is 8. The van der Waals surface area contributed by atoms with E-state index in [0.29, 0.717) is 37.4 Å². The third-order valence-electron chi connectivity index (χ3n) is 7.98. The normalized spacial score (nSPS) is 20.7. The Bertz CT molecular complexity index is 1280. The molecule has 232 valence electrons. The maximum atomic E-state index is 13.0. The SMILES string of the molecule is O[C@@H](c1ccc(F)cc1)[C@@H]1CN(Cc2ccccc2)CCO1.O[C@H](c1ccc(F)cc1)[C@H]1CN(Cc2ccccc2)CCO1. The minimum Gasteiger partial charge on any atom is -0.386 e. The second-order valence-electron chi connectivity index (χ2n) is 11.3. The molecule has 0 unspecified atom stereocenters. The number of hydrogen-bond donors (Lipinski definition) is 2. The molecule has 0 spiro atoms. The molecule has 0 radical (unpaired) electrons. The van der Waals surface area contributed by atoms with Crippen LogP contribution in [0.4, 0.5) is 8.78 Å². The van der Waals surface area contributed by atoms with Crippen LogP contribution >= 0.6 is 0 Å². The van der Waals surface area contributed by atoms with Crippen molar-refractivity contribution in [3.8, 4) is 0 Å². The summed E-state index contributed by atoms with van der Waals surface area (Å²) in [6.45, 7) is 5.89. The second kappa shape index (κ2) is 16.0. The van der Waals surface area contributed by atoms with Gasteiger partial charge in [0.15, 0.2) is 0 Å². The zero-order valence-electron chi connectivity index (χ0n) is 24.7. The molecule has 2 aliphatic heterocycles. The van der Waals surface area contributed by atoms with Crippen LogP contribution in [0.2, 0.25) is 0 Å². The van der Waals surface area contributed by atoms with Crippen LogP contribution < -0.4 is 0 Å². The molecule has 2 N–H and O–H groups in total. The number of aliphatic hydroxyl groups is 2. The molecular weight excluding hydrogens is 562 g/mol. The fourth-order valence-electron chi connectivity index (χ4n) is 5.56. The maximum Gasteiger partial charge on any atom is 0.123 e. The van der Waals surface area contributed by atoms with E-state index in [1.165, 1.54) is 35.4 Å². The molecule has 6 nitrogen and oxygen atoms in total. The average molecular weight is 603 g/mol. The maximum absolute atomic E-state index is 13.0. The lowest BCUT2D eigenvalue weighted by Crippen LogP contribution is -2.44. The monoisotopic (exact) mass is 602 g/mol. The predicted molar refractivity (Wildman–Crippen MR) is 166 cm³/mol. The molecule has 6 rings (SSSR count). The number of aliphatic hydroxyl groups excluding tert-OH is 2. The van der Waals surface area contributed by atoms with Gasteiger partial charge in [-0.3, -0.25) is 9.80 Å². The van der Waals surface area contributed by atoms with E-state index in [0.717, 1.165) is 26.2 Å². The molecule has 4 aromatic rings. The topological polar surface area (TPSA) is 65.4 Å². The average Bonchev–Trinajstić information content (AvgIpc) is 3.06. The van der Waals surface area contributed by atoms with E-state index in [1.807, 2.05) is 36.4 Å². The third-order valence-corrected chi connectivity index (χ3v) is 7.98. The molecule has 8 heteroatoms. The lowest BCUT2D eigenvalue weighted by Gasteiger charge is -2.35. The van der Waals surface area contributed by atoms with Gasteiger partial charge in [-0.15, -0.1) is 0 Å². The number of ether oxygens (including phenoxy) is 2. The first-order chi connectivity index (χ1) is 21.4. The molecule has 4 atom stereocenters. The molecule has 2 saturated heterocycles. The summed E-state index contributed by atoms with van der Waals surface area (Å²) in [6, 6.07) is 32.4. The fourth-order valence-corrected chi connectivity index (χ4v) is 5.56. The van der Waals surface area contributed by atoms with Crippen molar-refractivity contribution in [2.24, 2.45) is 0 Å². The van der Waals surface area contributed by atoms with Crippen molar-refractivity contribution in [3.05, 3.63) is 143 Å². The van der Waals surface area contributed by atoms with E-state index < -0.39 is 12.2 Å². The quantitative estimate of drug-likeness (QED) is 0.277. The third kappa shape index (κ3) is 9.25. The molecule has 44 heavy (non-hydrogen) atoms. The summed E-state index contributed by atoms with van der Waals surface area (Å²) in [4.78, 5) is 4.55. The predicted octanol–water partition coefficient (Wildman–Crippen LogP) is 5.52. The van der Waals surface area contributed by atoms with E-state index in [-0.39, 0.29) is 23.8 Å². The fraction of sp³-hybridized carbons (Fsp3) is 0.333. The summed E-state index contributed by atoms with van der Waals surface area (Å²) in [7, 11) is 0. The number of hydrogen-bond acceptors (Lipinski definition) is 6. The van der Waals surface area contributed by atoms with E-state index in [2.05, 4.69) is 34.1 Å². The van der Waals surface area contributed by atoms with Crippen molar-refractivity contribution in [2.45, 2.75) is 37.5 Å². The lowest BCUT2D eigenvalue weighted by atomic mass is 10.0. The summed E-state index contributed by atoms with van der Waals surface area (Å²) in [5.74, 6) is -0.600. The highest BCUT2D eigenvalue weighted by molar-refractivity contribution is 5.21. The van der Waals surface area contributed by atoms with Crippen molar-refractivity contribution < 1.29 is 28.5 Å². The first-order valence-electron chi connectivity index (χ1n) is 15.1. The van der Waals surface area contributed by atoms with Gasteiger partial charge in [0.2, 0.25) is 0 Å². The minimum atomic E-state index is -0.737. The molecule has 0 bridgehead atoms. The van der Waals surface area contributed by atoms with Gasteiger partial charge in [-0.2, -0.15) is 0 Å². The molecule has 0 saturated carbocycles. The Hall–Kier alpha value is -3.50.